The van der Waals surface area contributed by atoms with E-state index in [-0.39, 0.29) is 11.7 Å². The van der Waals surface area contributed by atoms with E-state index in [4.69, 9.17) is 9.47 Å². The van der Waals surface area contributed by atoms with E-state index in [9.17, 15) is 4.79 Å². The van der Waals surface area contributed by atoms with Gasteiger partial charge >= 0.3 is 0 Å². The van der Waals surface area contributed by atoms with E-state index in [1.807, 2.05) is 0 Å². The molecule has 4 nitrogen and oxygen atoms in total. The van der Waals surface area contributed by atoms with Crippen LogP contribution < -0.4 is 0 Å². The summed E-state index contributed by atoms with van der Waals surface area (Å²) >= 11 is 3.63. The summed E-state index contributed by atoms with van der Waals surface area (Å²) in [5.74, 6) is 0. The van der Waals surface area contributed by atoms with Crippen LogP contribution in [0.1, 0.15) is 12.8 Å². The number of methoxy groups -OCH3 is 1. The Morgan fingerprint density at radius 1 is 1.60 bits per heavy atom. The predicted octanol–water partition coefficient (Wildman–Crippen LogP) is 0.570. The molecule has 15 heavy (non-hydrogen) atoms. The zero-order chi connectivity index (χ0) is 11.1. The van der Waals surface area contributed by atoms with Crippen LogP contribution in [0.15, 0.2) is 0 Å². The van der Waals surface area contributed by atoms with Crippen LogP contribution >= 0.6 is 12.6 Å². The summed E-state index contributed by atoms with van der Waals surface area (Å²) in [5, 5.41) is -0.218. The molecular formula is C10H19NO3S. The van der Waals surface area contributed by atoms with Gasteiger partial charge in [-0.2, -0.15) is 0 Å². The van der Waals surface area contributed by atoms with Crippen molar-refractivity contribution in [3.8, 4) is 0 Å². The first-order chi connectivity index (χ1) is 7.24. The van der Waals surface area contributed by atoms with Crippen molar-refractivity contribution in [3.63, 3.8) is 0 Å². The Bertz CT molecular complexity index is 201. The van der Waals surface area contributed by atoms with Crippen LogP contribution in [0.4, 0.5) is 0 Å². The summed E-state index contributed by atoms with van der Waals surface area (Å²) in [6.45, 7) is 3.45. The Morgan fingerprint density at radius 3 is 3.07 bits per heavy atom. The molecule has 1 atom stereocenters. The minimum absolute atomic E-state index is 0.103. The summed E-state index contributed by atoms with van der Waals surface area (Å²) in [6.07, 6.45) is 2.42. The molecule has 5 heteroatoms. The molecule has 1 rings (SSSR count). The van der Waals surface area contributed by atoms with Gasteiger partial charge in [-0.25, -0.2) is 0 Å². The van der Waals surface area contributed by atoms with Gasteiger partial charge in [-0.15, -0.1) is 12.6 Å². The molecule has 0 saturated carbocycles. The maximum Gasteiger partial charge on any atom is 0.211 e. The first-order valence-electron chi connectivity index (χ1n) is 5.26. The van der Waals surface area contributed by atoms with Gasteiger partial charge in [0.25, 0.3) is 0 Å². The molecule has 0 amide bonds. The monoisotopic (exact) mass is 233 g/mol. The number of carbonyl (C=O) groups is 1. The highest BCUT2D eigenvalue weighted by Crippen LogP contribution is 2.16. The van der Waals surface area contributed by atoms with Crippen LogP contribution in [0.3, 0.4) is 0 Å². The maximum atomic E-state index is 10.5. The lowest BCUT2D eigenvalue weighted by Crippen LogP contribution is -2.35. The third-order valence-electron chi connectivity index (χ3n) is 2.61. The summed E-state index contributed by atoms with van der Waals surface area (Å²) < 4.78 is 10.3. The SMILES string of the molecule is COC[C@@H]1CCCN1CCOCC(=O)S. The highest BCUT2D eigenvalue weighted by atomic mass is 32.1. The minimum Gasteiger partial charge on any atom is -0.383 e. The van der Waals surface area contributed by atoms with E-state index >= 15 is 0 Å². The number of hydrogen-bond donors (Lipinski definition) is 1. The van der Waals surface area contributed by atoms with Gasteiger partial charge in [0.1, 0.15) is 6.61 Å². The van der Waals surface area contributed by atoms with Crippen molar-refractivity contribution < 1.29 is 14.3 Å². The van der Waals surface area contributed by atoms with Crippen molar-refractivity contribution in [2.75, 3.05) is 40.0 Å². The second kappa shape index (κ2) is 7.22. The summed E-state index contributed by atoms with van der Waals surface area (Å²) in [5.41, 5.74) is 0. The van der Waals surface area contributed by atoms with Gasteiger partial charge < -0.3 is 9.47 Å². The molecule has 0 aromatic heterocycles. The van der Waals surface area contributed by atoms with Crippen LogP contribution in [-0.2, 0) is 14.3 Å². The Balaban J connectivity index is 2.11. The molecule has 1 saturated heterocycles. The molecule has 0 bridgehead atoms. The normalized spacial score (nSPS) is 22.1. The average Bonchev–Trinajstić information content (AvgIpc) is 2.61. The number of carbonyl (C=O) groups excluding carboxylic acids is 1. The number of thiol groups is 1. The minimum atomic E-state index is -0.218. The molecule has 0 aromatic carbocycles. The first-order valence-corrected chi connectivity index (χ1v) is 5.71. The van der Waals surface area contributed by atoms with E-state index < -0.39 is 0 Å². The van der Waals surface area contributed by atoms with E-state index in [1.54, 1.807) is 7.11 Å². The van der Waals surface area contributed by atoms with Crippen molar-refractivity contribution in [1.82, 2.24) is 4.90 Å². The van der Waals surface area contributed by atoms with Gasteiger partial charge in [0.05, 0.1) is 13.2 Å². The molecule has 1 aliphatic rings. The van der Waals surface area contributed by atoms with Crippen molar-refractivity contribution in [3.05, 3.63) is 0 Å². The molecule has 0 unspecified atom stereocenters. The van der Waals surface area contributed by atoms with E-state index in [2.05, 4.69) is 17.5 Å². The zero-order valence-electron chi connectivity index (χ0n) is 9.15. The Kier molecular flexibility index (Phi) is 6.24. The number of ether oxygens (including phenoxy) is 2. The molecule has 0 aromatic rings. The first kappa shape index (κ1) is 13.0. The average molecular weight is 233 g/mol. The standard InChI is InChI=1S/C10H19NO3S/c1-13-7-9-3-2-4-11(9)5-6-14-8-10(12)15/h9H,2-8H2,1H3,(H,12,15)/t9-/m0/s1. The Hall–Kier alpha value is -0.100. The Labute approximate surface area is 96.3 Å². The lowest BCUT2D eigenvalue weighted by atomic mass is 10.2. The fourth-order valence-corrected chi connectivity index (χ4v) is 2.00. The van der Waals surface area contributed by atoms with Crippen molar-refractivity contribution in [2.24, 2.45) is 0 Å². The highest BCUT2D eigenvalue weighted by Gasteiger charge is 2.23. The van der Waals surface area contributed by atoms with Crippen molar-refractivity contribution >= 4 is 17.7 Å². The molecule has 0 spiro atoms. The van der Waals surface area contributed by atoms with Crippen LogP contribution in [0.2, 0.25) is 0 Å². The van der Waals surface area contributed by atoms with Gasteiger partial charge in [0.15, 0.2) is 0 Å². The lowest BCUT2D eigenvalue weighted by molar-refractivity contribution is -0.115. The zero-order valence-corrected chi connectivity index (χ0v) is 10.0. The molecule has 0 N–H and O–H groups in total. The summed E-state index contributed by atoms with van der Waals surface area (Å²) in [6, 6.07) is 0.519. The molecule has 1 aliphatic heterocycles. The largest absolute Gasteiger partial charge is 0.383 e. The molecule has 88 valence electrons. The van der Waals surface area contributed by atoms with Crippen LogP contribution in [0.25, 0.3) is 0 Å². The molecule has 0 radical (unpaired) electrons. The topological polar surface area (TPSA) is 38.8 Å². The molecular weight excluding hydrogens is 214 g/mol. The lowest BCUT2D eigenvalue weighted by Gasteiger charge is -2.23. The van der Waals surface area contributed by atoms with Crippen LogP contribution in [0, 0.1) is 0 Å². The summed E-state index contributed by atoms with van der Waals surface area (Å²) in [7, 11) is 1.73. The van der Waals surface area contributed by atoms with Crippen molar-refractivity contribution in [1.29, 1.82) is 0 Å². The van der Waals surface area contributed by atoms with Crippen LogP contribution in [-0.4, -0.2) is 56.1 Å². The third kappa shape index (κ3) is 4.97. The molecule has 1 heterocycles. The summed E-state index contributed by atoms with van der Waals surface area (Å²) in [4.78, 5) is 12.9. The van der Waals surface area contributed by atoms with E-state index in [1.165, 1.54) is 12.8 Å². The number of likely N-dealkylation sites (tertiary alicyclic amines) is 1. The second-order valence-electron chi connectivity index (χ2n) is 3.73. The second-order valence-corrected chi connectivity index (χ2v) is 4.23. The highest BCUT2D eigenvalue weighted by molar-refractivity contribution is 7.96. The number of hydrogen-bond acceptors (Lipinski definition) is 4. The van der Waals surface area contributed by atoms with Gasteiger partial charge in [0.2, 0.25) is 5.12 Å². The Morgan fingerprint density at radius 2 is 2.40 bits per heavy atom. The predicted molar refractivity (Wildman–Crippen MR) is 61.3 cm³/mol. The molecule has 1 fully saturated rings. The van der Waals surface area contributed by atoms with Gasteiger partial charge in [0, 0.05) is 19.7 Å². The van der Waals surface area contributed by atoms with Crippen molar-refractivity contribution in [2.45, 2.75) is 18.9 Å². The number of rotatable bonds is 7. The quantitative estimate of drug-likeness (QED) is 0.515. The van der Waals surface area contributed by atoms with Gasteiger partial charge in [-0.3, -0.25) is 9.69 Å². The van der Waals surface area contributed by atoms with Crippen LogP contribution in [0.5, 0.6) is 0 Å². The van der Waals surface area contributed by atoms with Gasteiger partial charge in [-0.1, -0.05) is 0 Å². The van der Waals surface area contributed by atoms with E-state index in [0.717, 1.165) is 19.7 Å². The smallest absolute Gasteiger partial charge is 0.211 e. The van der Waals surface area contributed by atoms with E-state index in [0.29, 0.717) is 12.6 Å². The number of nitrogens with zero attached hydrogens (tertiary/aromatic N) is 1. The third-order valence-corrected chi connectivity index (χ3v) is 2.74. The maximum absolute atomic E-state index is 10.5. The molecule has 0 aliphatic carbocycles. The fourth-order valence-electron chi connectivity index (χ4n) is 1.91. The fraction of sp³-hybridized carbons (Fsp3) is 0.900. The van der Waals surface area contributed by atoms with Gasteiger partial charge in [-0.05, 0) is 19.4 Å².